The summed E-state index contributed by atoms with van der Waals surface area (Å²) < 4.78 is 48.6. The molecule has 118 valence electrons. The molecule has 1 aromatic carbocycles. The number of nitrogens with one attached hydrogen (secondary N) is 1. The van der Waals surface area contributed by atoms with E-state index in [9.17, 15) is 16.8 Å². The van der Waals surface area contributed by atoms with Crippen LogP contribution in [0.25, 0.3) is 0 Å². The van der Waals surface area contributed by atoms with Crippen molar-refractivity contribution < 1.29 is 16.8 Å². The number of hydrogen-bond acceptors (Lipinski definition) is 5. The third-order valence-corrected chi connectivity index (χ3v) is 5.32. The Hall–Kier alpha value is -1.03. The summed E-state index contributed by atoms with van der Waals surface area (Å²) >= 11 is 4.84. The van der Waals surface area contributed by atoms with E-state index in [1.807, 2.05) is 0 Å². The van der Waals surface area contributed by atoms with E-state index >= 15 is 0 Å². The Morgan fingerprint density at radius 3 is 2.48 bits per heavy atom. The maximum atomic E-state index is 12.0. The highest BCUT2D eigenvalue weighted by Crippen LogP contribution is 2.09. The Labute approximate surface area is 130 Å². The first-order chi connectivity index (χ1) is 9.48. The second-order valence-electron chi connectivity index (χ2n) is 4.94. The van der Waals surface area contributed by atoms with Gasteiger partial charge in [-0.2, -0.15) is 0 Å². The van der Waals surface area contributed by atoms with Crippen LogP contribution in [0.2, 0.25) is 0 Å². The molecule has 0 saturated heterocycles. The van der Waals surface area contributed by atoms with Gasteiger partial charge in [-0.25, -0.2) is 21.6 Å². The van der Waals surface area contributed by atoms with E-state index in [4.69, 9.17) is 18.0 Å². The highest BCUT2D eigenvalue weighted by atomic mass is 32.2. The van der Waals surface area contributed by atoms with Gasteiger partial charge in [-0.15, -0.1) is 0 Å². The van der Waals surface area contributed by atoms with Crippen LogP contribution in [-0.4, -0.2) is 39.9 Å². The molecule has 0 aliphatic carbocycles. The molecule has 0 aliphatic rings. The summed E-state index contributed by atoms with van der Waals surface area (Å²) in [5, 5.41) is 0. The topological polar surface area (TPSA) is 106 Å². The predicted octanol–water partition coefficient (Wildman–Crippen LogP) is 0.173. The second-order valence-corrected chi connectivity index (χ2v) is 9.31. The standard InChI is InChI=1S/C12H18N2O4S3/c1-9(7-20(2,15)16)14-21(17,18)8-10-4-3-5-11(6-10)12(13)19/h3-6,9,14H,7-8H2,1-2H3,(H2,13,19). The molecule has 0 heterocycles. The van der Waals surface area contributed by atoms with Crippen LogP contribution in [0.1, 0.15) is 18.1 Å². The Kier molecular flexibility index (Phi) is 5.85. The van der Waals surface area contributed by atoms with Gasteiger partial charge in [0.25, 0.3) is 0 Å². The summed E-state index contributed by atoms with van der Waals surface area (Å²) in [6.45, 7) is 1.50. The SMILES string of the molecule is CC(CS(C)(=O)=O)NS(=O)(=O)Cc1cccc(C(N)=S)c1. The normalized spacial score (nSPS) is 13.8. The molecule has 0 aromatic heterocycles. The minimum absolute atomic E-state index is 0.188. The lowest BCUT2D eigenvalue weighted by atomic mass is 10.1. The third kappa shape index (κ3) is 6.98. The van der Waals surface area contributed by atoms with Gasteiger partial charge in [0.15, 0.2) is 0 Å². The van der Waals surface area contributed by atoms with E-state index in [0.717, 1.165) is 6.26 Å². The van der Waals surface area contributed by atoms with Gasteiger partial charge < -0.3 is 5.73 Å². The largest absolute Gasteiger partial charge is 0.389 e. The zero-order valence-corrected chi connectivity index (χ0v) is 14.2. The van der Waals surface area contributed by atoms with Gasteiger partial charge in [0.05, 0.1) is 11.5 Å². The molecule has 0 fully saturated rings. The molecule has 0 spiro atoms. The van der Waals surface area contributed by atoms with Crippen molar-refractivity contribution in [3.05, 3.63) is 35.4 Å². The average molecular weight is 350 g/mol. The summed E-state index contributed by atoms with van der Waals surface area (Å²) in [5.74, 6) is -0.517. The summed E-state index contributed by atoms with van der Waals surface area (Å²) in [4.78, 5) is 0.188. The van der Waals surface area contributed by atoms with E-state index in [0.29, 0.717) is 11.1 Å². The Morgan fingerprint density at radius 1 is 1.33 bits per heavy atom. The molecule has 0 bridgehead atoms. The van der Waals surface area contributed by atoms with E-state index < -0.39 is 25.9 Å². The van der Waals surface area contributed by atoms with Crippen LogP contribution in [0.5, 0.6) is 0 Å². The first-order valence-corrected chi connectivity index (χ1v) is 10.2. The monoisotopic (exact) mass is 350 g/mol. The molecular formula is C12H18N2O4S3. The molecule has 1 aromatic rings. The second kappa shape index (κ2) is 6.82. The molecule has 0 saturated carbocycles. The summed E-state index contributed by atoms with van der Waals surface area (Å²) in [7, 11) is -6.89. The van der Waals surface area contributed by atoms with Gasteiger partial charge >= 0.3 is 0 Å². The Morgan fingerprint density at radius 2 is 1.95 bits per heavy atom. The molecule has 1 rings (SSSR count). The zero-order valence-electron chi connectivity index (χ0n) is 11.7. The van der Waals surface area contributed by atoms with Gasteiger partial charge in [-0.05, 0) is 18.6 Å². The van der Waals surface area contributed by atoms with Gasteiger partial charge in [0.2, 0.25) is 10.0 Å². The smallest absolute Gasteiger partial charge is 0.216 e. The van der Waals surface area contributed by atoms with Crippen molar-refractivity contribution in [3.63, 3.8) is 0 Å². The maximum absolute atomic E-state index is 12.0. The first-order valence-electron chi connectivity index (χ1n) is 6.05. The van der Waals surface area contributed by atoms with Crippen LogP contribution >= 0.6 is 12.2 Å². The number of nitrogens with two attached hydrogens (primary N) is 1. The number of rotatable bonds is 7. The molecule has 3 N–H and O–H groups in total. The van der Waals surface area contributed by atoms with Crippen LogP contribution in [0, 0.1) is 0 Å². The predicted molar refractivity (Wildman–Crippen MR) is 87.3 cm³/mol. The van der Waals surface area contributed by atoms with Gasteiger partial charge in [0, 0.05) is 17.9 Å². The molecule has 21 heavy (non-hydrogen) atoms. The van der Waals surface area contributed by atoms with E-state index in [-0.39, 0.29) is 16.5 Å². The van der Waals surface area contributed by atoms with Gasteiger partial charge in [-0.3, -0.25) is 0 Å². The third-order valence-electron chi connectivity index (χ3n) is 2.50. The fourth-order valence-electron chi connectivity index (χ4n) is 1.87. The van der Waals surface area contributed by atoms with Crippen LogP contribution in [0.3, 0.4) is 0 Å². The van der Waals surface area contributed by atoms with Crippen LogP contribution in [0.4, 0.5) is 0 Å². The molecular weight excluding hydrogens is 332 g/mol. The van der Waals surface area contributed by atoms with Crippen molar-refractivity contribution in [3.8, 4) is 0 Å². The maximum Gasteiger partial charge on any atom is 0.216 e. The van der Waals surface area contributed by atoms with Gasteiger partial charge in [0.1, 0.15) is 14.8 Å². The summed E-state index contributed by atoms with van der Waals surface area (Å²) in [6.07, 6.45) is 1.06. The van der Waals surface area contributed by atoms with Crippen molar-refractivity contribution in [2.75, 3.05) is 12.0 Å². The number of hydrogen-bond donors (Lipinski definition) is 2. The Bertz CT molecular complexity index is 727. The van der Waals surface area contributed by atoms with Crippen LogP contribution in [-0.2, 0) is 25.6 Å². The molecule has 0 aliphatic heterocycles. The van der Waals surface area contributed by atoms with Crippen molar-refractivity contribution in [1.29, 1.82) is 0 Å². The lowest BCUT2D eigenvalue weighted by Gasteiger charge is -2.13. The molecule has 6 nitrogen and oxygen atoms in total. The van der Waals surface area contributed by atoms with Crippen molar-refractivity contribution >= 4 is 37.1 Å². The van der Waals surface area contributed by atoms with Crippen molar-refractivity contribution in [2.45, 2.75) is 18.7 Å². The minimum Gasteiger partial charge on any atom is -0.389 e. The minimum atomic E-state index is -3.65. The highest BCUT2D eigenvalue weighted by Gasteiger charge is 2.18. The lowest BCUT2D eigenvalue weighted by molar-refractivity contribution is 0.564. The van der Waals surface area contributed by atoms with E-state index in [1.54, 1.807) is 24.3 Å². The average Bonchev–Trinajstić information content (AvgIpc) is 2.24. The lowest BCUT2D eigenvalue weighted by Crippen LogP contribution is -2.38. The van der Waals surface area contributed by atoms with Crippen molar-refractivity contribution in [2.24, 2.45) is 5.73 Å². The number of sulfone groups is 1. The fourth-order valence-corrected chi connectivity index (χ4v) is 4.49. The molecule has 0 radical (unpaired) electrons. The molecule has 9 heteroatoms. The summed E-state index contributed by atoms with van der Waals surface area (Å²) in [5.41, 5.74) is 6.61. The van der Waals surface area contributed by atoms with Gasteiger partial charge in [-0.1, -0.05) is 30.4 Å². The highest BCUT2D eigenvalue weighted by molar-refractivity contribution is 7.91. The summed E-state index contributed by atoms with van der Waals surface area (Å²) in [6, 6.07) is 5.91. The number of sulfonamides is 1. The molecule has 0 amide bonds. The molecule has 1 unspecified atom stereocenters. The molecule has 1 atom stereocenters. The first kappa shape index (κ1) is 18.0. The Balaban J connectivity index is 2.81. The van der Waals surface area contributed by atoms with Crippen LogP contribution < -0.4 is 10.5 Å². The van der Waals surface area contributed by atoms with Crippen LogP contribution in [0.15, 0.2) is 24.3 Å². The fraction of sp³-hybridized carbons (Fsp3) is 0.417. The quantitative estimate of drug-likeness (QED) is 0.679. The number of benzene rings is 1. The van der Waals surface area contributed by atoms with E-state index in [2.05, 4.69) is 4.72 Å². The number of thiocarbonyl (C=S) groups is 1. The van der Waals surface area contributed by atoms with E-state index in [1.165, 1.54) is 6.92 Å². The van der Waals surface area contributed by atoms with Crippen molar-refractivity contribution in [1.82, 2.24) is 4.72 Å². The zero-order chi connectivity index (χ0) is 16.3.